The molecule has 1 aliphatic carbocycles. The average molecular weight is 459 g/mol. The van der Waals surface area contributed by atoms with Gasteiger partial charge in [-0.15, -0.1) is 0 Å². The molecule has 2 fully saturated rings. The first-order valence-electron chi connectivity index (χ1n) is 12.4. The normalized spacial score (nSPS) is 19.9. The molecule has 9 heteroatoms. The van der Waals surface area contributed by atoms with Gasteiger partial charge in [-0.3, -0.25) is 14.9 Å². The molecule has 0 spiro atoms. The third kappa shape index (κ3) is 3.99. The molecule has 1 atom stereocenters. The lowest BCUT2D eigenvalue weighted by Gasteiger charge is -2.32. The SMILES string of the molecule is O=C(C1CCCN1c1nc2c(c(Nc3cc(-c4cccnc4)[nH]n3)n1)CCC2)N1CCCCC1. The summed E-state index contributed by atoms with van der Waals surface area (Å²) in [5.41, 5.74) is 4.13. The van der Waals surface area contributed by atoms with Crippen LogP contribution in [0.3, 0.4) is 0 Å². The fourth-order valence-corrected chi connectivity index (χ4v) is 5.42. The summed E-state index contributed by atoms with van der Waals surface area (Å²) in [6, 6.07) is 5.72. The zero-order valence-corrected chi connectivity index (χ0v) is 19.3. The molecule has 2 saturated heterocycles. The van der Waals surface area contributed by atoms with Gasteiger partial charge < -0.3 is 15.1 Å². The Morgan fingerprint density at radius 3 is 2.82 bits per heavy atom. The number of hydrogen-bond acceptors (Lipinski definition) is 7. The van der Waals surface area contributed by atoms with E-state index >= 15 is 0 Å². The molecule has 6 rings (SSSR count). The quantitative estimate of drug-likeness (QED) is 0.603. The summed E-state index contributed by atoms with van der Waals surface area (Å²) < 4.78 is 0. The van der Waals surface area contributed by atoms with Crippen molar-refractivity contribution < 1.29 is 4.79 Å². The average Bonchev–Trinajstić information content (AvgIpc) is 3.65. The Balaban J connectivity index is 1.27. The predicted molar refractivity (Wildman–Crippen MR) is 130 cm³/mol. The maximum atomic E-state index is 13.3. The molecule has 2 N–H and O–H groups in total. The Labute approximate surface area is 199 Å². The molecule has 3 aromatic heterocycles. The van der Waals surface area contributed by atoms with E-state index in [2.05, 4.69) is 25.4 Å². The minimum Gasteiger partial charge on any atom is -0.341 e. The van der Waals surface area contributed by atoms with E-state index in [1.165, 1.54) is 6.42 Å². The molecule has 0 bridgehead atoms. The first-order valence-corrected chi connectivity index (χ1v) is 12.4. The number of fused-ring (bicyclic) bond motifs is 1. The lowest BCUT2D eigenvalue weighted by molar-refractivity contribution is -0.133. The number of aromatic amines is 1. The number of piperidine rings is 1. The molecule has 34 heavy (non-hydrogen) atoms. The number of hydrogen-bond donors (Lipinski definition) is 2. The van der Waals surface area contributed by atoms with E-state index in [-0.39, 0.29) is 11.9 Å². The van der Waals surface area contributed by atoms with Crippen LogP contribution in [0.25, 0.3) is 11.3 Å². The Hall–Kier alpha value is -3.49. The van der Waals surface area contributed by atoms with Gasteiger partial charge in [-0.05, 0) is 63.5 Å². The lowest BCUT2D eigenvalue weighted by Crippen LogP contribution is -2.48. The monoisotopic (exact) mass is 458 g/mol. The van der Waals surface area contributed by atoms with Crippen LogP contribution in [-0.2, 0) is 17.6 Å². The molecule has 2 aliphatic heterocycles. The van der Waals surface area contributed by atoms with Crippen LogP contribution in [0.1, 0.15) is 49.8 Å². The number of amides is 1. The first kappa shape index (κ1) is 21.1. The highest BCUT2D eigenvalue weighted by atomic mass is 16.2. The summed E-state index contributed by atoms with van der Waals surface area (Å²) >= 11 is 0. The van der Waals surface area contributed by atoms with Crippen molar-refractivity contribution in [2.75, 3.05) is 29.9 Å². The number of anilines is 3. The number of nitrogens with one attached hydrogen (secondary N) is 2. The first-order chi connectivity index (χ1) is 16.8. The largest absolute Gasteiger partial charge is 0.341 e. The molecule has 5 heterocycles. The molecule has 9 nitrogen and oxygen atoms in total. The van der Waals surface area contributed by atoms with E-state index in [4.69, 9.17) is 9.97 Å². The minimum absolute atomic E-state index is 0.159. The molecule has 0 radical (unpaired) electrons. The van der Waals surface area contributed by atoms with E-state index in [9.17, 15) is 4.79 Å². The third-order valence-electron chi connectivity index (χ3n) is 7.18. The maximum Gasteiger partial charge on any atom is 0.245 e. The molecule has 1 amide bonds. The van der Waals surface area contributed by atoms with Gasteiger partial charge in [-0.2, -0.15) is 10.1 Å². The second kappa shape index (κ2) is 9.04. The molecular weight excluding hydrogens is 428 g/mol. The van der Waals surface area contributed by atoms with Gasteiger partial charge in [-0.25, -0.2) is 4.98 Å². The van der Waals surface area contributed by atoms with Gasteiger partial charge in [-0.1, -0.05) is 0 Å². The van der Waals surface area contributed by atoms with E-state index < -0.39 is 0 Å². The van der Waals surface area contributed by atoms with Gasteiger partial charge in [0.05, 0.1) is 11.4 Å². The van der Waals surface area contributed by atoms with E-state index in [1.807, 2.05) is 29.3 Å². The second-order valence-corrected chi connectivity index (χ2v) is 9.42. The Morgan fingerprint density at radius 1 is 1.06 bits per heavy atom. The van der Waals surface area contributed by atoms with Crippen LogP contribution in [0.15, 0.2) is 30.6 Å². The smallest absolute Gasteiger partial charge is 0.245 e. The lowest BCUT2D eigenvalue weighted by atomic mass is 10.1. The molecule has 176 valence electrons. The number of carbonyl (C=O) groups excluding carboxylic acids is 1. The van der Waals surface area contributed by atoms with Gasteiger partial charge in [0.25, 0.3) is 0 Å². The van der Waals surface area contributed by atoms with Crippen molar-refractivity contribution in [3.63, 3.8) is 0 Å². The van der Waals surface area contributed by atoms with Gasteiger partial charge in [0.15, 0.2) is 5.82 Å². The molecule has 3 aliphatic rings. The van der Waals surface area contributed by atoms with Gasteiger partial charge >= 0.3 is 0 Å². The fraction of sp³-hybridized carbons (Fsp3) is 0.480. The molecule has 1 unspecified atom stereocenters. The fourth-order valence-electron chi connectivity index (χ4n) is 5.42. The highest BCUT2D eigenvalue weighted by Gasteiger charge is 2.36. The number of pyridine rings is 1. The number of rotatable bonds is 5. The molecule has 0 saturated carbocycles. The number of nitrogens with zero attached hydrogens (tertiary/aromatic N) is 6. The minimum atomic E-state index is -0.159. The maximum absolute atomic E-state index is 13.3. The summed E-state index contributed by atoms with van der Waals surface area (Å²) in [5.74, 6) is 2.42. The second-order valence-electron chi connectivity index (χ2n) is 9.42. The molecule has 0 aromatic carbocycles. The van der Waals surface area contributed by atoms with Crippen LogP contribution >= 0.6 is 0 Å². The van der Waals surface area contributed by atoms with E-state index in [0.29, 0.717) is 11.8 Å². The Bertz CT molecular complexity index is 1170. The number of aryl methyl sites for hydroxylation is 1. The number of carbonyl (C=O) groups is 1. The zero-order valence-electron chi connectivity index (χ0n) is 19.3. The standard InChI is InChI=1S/C25H30N8O/c34-24(32-12-2-1-3-13-32)21-10-6-14-33(21)25-27-19-9-4-8-18(19)23(29-25)28-22-15-20(30-31-22)17-7-5-11-26-16-17/h5,7,11,15-16,21H,1-4,6,8-10,12-14H2,(H2,27,28,29,30,31). The predicted octanol–water partition coefficient (Wildman–Crippen LogP) is 3.48. The van der Waals surface area contributed by atoms with Gasteiger partial charge in [0, 0.05) is 49.2 Å². The molecule has 3 aromatic rings. The van der Waals surface area contributed by atoms with Crippen LogP contribution in [0.4, 0.5) is 17.6 Å². The van der Waals surface area contributed by atoms with Gasteiger partial charge in [0.2, 0.25) is 11.9 Å². The van der Waals surface area contributed by atoms with Crippen molar-refractivity contribution >= 4 is 23.5 Å². The summed E-state index contributed by atoms with van der Waals surface area (Å²) in [5, 5.41) is 11.0. The van der Waals surface area contributed by atoms with Crippen molar-refractivity contribution in [3.05, 3.63) is 41.9 Å². The number of aromatic nitrogens is 5. The van der Waals surface area contributed by atoms with E-state index in [0.717, 1.165) is 92.9 Å². The van der Waals surface area contributed by atoms with Crippen LogP contribution in [0, 0.1) is 0 Å². The van der Waals surface area contributed by atoms with Crippen molar-refractivity contribution in [2.45, 2.75) is 57.4 Å². The van der Waals surface area contributed by atoms with Crippen molar-refractivity contribution in [1.82, 2.24) is 30.0 Å². The number of likely N-dealkylation sites (tertiary alicyclic amines) is 1. The highest BCUT2D eigenvalue weighted by Crippen LogP contribution is 2.33. The highest BCUT2D eigenvalue weighted by molar-refractivity contribution is 5.85. The summed E-state index contributed by atoms with van der Waals surface area (Å²) in [6.45, 7) is 2.56. The summed E-state index contributed by atoms with van der Waals surface area (Å²) in [7, 11) is 0. The molecular formula is C25H30N8O. The topological polar surface area (TPSA) is 103 Å². The van der Waals surface area contributed by atoms with E-state index in [1.54, 1.807) is 6.20 Å². The van der Waals surface area contributed by atoms with Crippen molar-refractivity contribution in [3.8, 4) is 11.3 Å². The summed E-state index contributed by atoms with van der Waals surface area (Å²) in [6.07, 6.45) is 11.8. The van der Waals surface area contributed by atoms with Crippen molar-refractivity contribution in [1.29, 1.82) is 0 Å². The van der Waals surface area contributed by atoms with Crippen LogP contribution in [0.2, 0.25) is 0 Å². The third-order valence-corrected chi connectivity index (χ3v) is 7.18. The summed E-state index contributed by atoms with van der Waals surface area (Å²) in [4.78, 5) is 31.6. The van der Waals surface area contributed by atoms with Crippen LogP contribution in [0.5, 0.6) is 0 Å². The number of H-pyrrole nitrogens is 1. The van der Waals surface area contributed by atoms with Crippen molar-refractivity contribution in [2.24, 2.45) is 0 Å². The Morgan fingerprint density at radius 2 is 1.97 bits per heavy atom. The van der Waals surface area contributed by atoms with Crippen LogP contribution < -0.4 is 10.2 Å². The van der Waals surface area contributed by atoms with Crippen LogP contribution in [-0.4, -0.2) is 61.6 Å². The van der Waals surface area contributed by atoms with Gasteiger partial charge in [0.1, 0.15) is 11.9 Å². The Kier molecular flexibility index (Phi) is 5.60. The zero-order chi connectivity index (χ0) is 22.9.